The van der Waals surface area contributed by atoms with E-state index in [1.807, 2.05) is 13.8 Å². The quantitative estimate of drug-likeness (QED) is 0.817. The van der Waals surface area contributed by atoms with E-state index in [0.717, 1.165) is 12.8 Å². The van der Waals surface area contributed by atoms with Crippen LogP contribution in [-0.4, -0.2) is 30.3 Å². The molecule has 1 aliphatic rings. The van der Waals surface area contributed by atoms with E-state index < -0.39 is 10.0 Å². The van der Waals surface area contributed by atoms with E-state index in [-0.39, 0.29) is 11.0 Å². The molecule has 0 heterocycles. The lowest BCUT2D eigenvalue weighted by molar-refractivity contribution is 0.342. The Hall–Kier alpha value is -0.980. The molecule has 1 fully saturated rings. The highest BCUT2D eigenvalue weighted by atomic mass is 32.2. The second-order valence-corrected chi connectivity index (χ2v) is 7.83. The third kappa shape index (κ3) is 3.37. The Labute approximate surface area is 126 Å². The summed E-state index contributed by atoms with van der Waals surface area (Å²) < 4.78 is 26.9. The minimum absolute atomic E-state index is 0.0455. The highest BCUT2D eigenvalue weighted by molar-refractivity contribution is 7.89. The van der Waals surface area contributed by atoms with Crippen LogP contribution in [0.25, 0.3) is 0 Å². The molecule has 2 N–H and O–H groups in total. The van der Waals surface area contributed by atoms with Crippen LogP contribution in [0.2, 0.25) is 0 Å². The average Bonchev–Trinajstić information content (AvgIpc) is 3.19. The third-order valence-corrected chi connectivity index (χ3v) is 5.75. The Kier molecular flexibility index (Phi) is 4.46. The highest BCUT2D eigenvalue weighted by Gasteiger charge is 2.33. The molecule has 0 bridgehead atoms. The van der Waals surface area contributed by atoms with Crippen molar-refractivity contribution in [2.45, 2.75) is 37.6 Å². The number of hydrogen-bond acceptors (Lipinski definition) is 3. The molecule has 4 nitrogen and oxygen atoms in total. The van der Waals surface area contributed by atoms with Crippen molar-refractivity contribution in [3.63, 3.8) is 0 Å². The zero-order chi connectivity index (χ0) is 14.9. The lowest BCUT2D eigenvalue weighted by Gasteiger charge is -2.26. The van der Waals surface area contributed by atoms with Crippen LogP contribution >= 0.6 is 12.2 Å². The molecule has 0 spiro atoms. The maximum Gasteiger partial charge on any atom is 0.243 e. The number of benzene rings is 1. The summed E-state index contributed by atoms with van der Waals surface area (Å²) in [6.07, 6.45) is 2.25. The van der Waals surface area contributed by atoms with Gasteiger partial charge in [-0.25, -0.2) is 8.42 Å². The van der Waals surface area contributed by atoms with Crippen molar-refractivity contribution >= 4 is 27.2 Å². The van der Waals surface area contributed by atoms with Crippen molar-refractivity contribution in [3.8, 4) is 0 Å². The van der Waals surface area contributed by atoms with Crippen LogP contribution < -0.4 is 5.73 Å². The third-order valence-electron chi connectivity index (χ3n) is 3.46. The smallest absolute Gasteiger partial charge is 0.243 e. The van der Waals surface area contributed by atoms with Crippen LogP contribution in [0.15, 0.2) is 29.2 Å². The molecule has 1 aromatic rings. The number of nitrogens with two attached hydrogens (primary N) is 1. The van der Waals surface area contributed by atoms with Crippen molar-refractivity contribution in [2.75, 3.05) is 6.54 Å². The molecule has 0 atom stereocenters. The van der Waals surface area contributed by atoms with Gasteiger partial charge in [0.05, 0.1) is 4.90 Å². The van der Waals surface area contributed by atoms with Crippen LogP contribution in [0.4, 0.5) is 0 Å². The molecular formula is C14H20N2O2S2. The number of nitrogens with zero attached hydrogens (tertiary/aromatic N) is 1. The topological polar surface area (TPSA) is 63.4 Å². The molecule has 6 heteroatoms. The molecule has 1 aromatic carbocycles. The van der Waals surface area contributed by atoms with Gasteiger partial charge in [-0.1, -0.05) is 24.4 Å². The molecule has 110 valence electrons. The SMILES string of the molecule is CC(C)N(CC1CC1)S(=O)(=O)c1ccc(C(N)=S)cc1. The van der Waals surface area contributed by atoms with E-state index in [1.54, 1.807) is 28.6 Å². The predicted octanol–water partition coefficient (Wildman–Crippen LogP) is 2.13. The van der Waals surface area contributed by atoms with E-state index in [2.05, 4.69) is 0 Å². The van der Waals surface area contributed by atoms with Gasteiger partial charge in [0.15, 0.2) is 0 Å². The van der Waals surface area contributed by atoms with Crippen molar-refractivity contribution in [2.24, 2.45) is 11.7 Å². The predicted molar refractivity (Wildman–Crippen MR) is 84.1 cm³/mol. The zero-order valence-electron chi connectivity index (χ0n) is 11.7. The zero-order valence-corrected chi connectivity index (χ0v) is 13.4. The molecule has 0 aliphatic heterocycles. The monoisotopic (exact) mass is 312 g/mol. The first-order valence-electron chi connectivity index (χ1n) is 6.74. The van der Waals surface area contributed by atoms with Crippen LogP contribution in [0.3, 0.4) is 0 Å². The fourth-order valence-corrected chi connectivity index (χ4v) is 3.92. The van der Waals surface area contributed by atoms with Gasteiger partial charge < -0.3 is 5.73 Å². The van der Waals surface area contributed by atoms with Gasteiger partial charge in [0, 0.05) is 18.2 Å². The van der Waals surface area contributed by atoms with E-state index in [9.17, 15) is 8.42 Å². The molecule has 0 unspecified atom stereocenters. The van der Waals surface area contributed by atoms with Crippen LogP contribution in [-0.2, 0) is 10.0 Å². The summed E-state index contributed by atoms with van der Waals surface area (Å²) >= 11 is 4.88. The lowest BCUT2D eigenvalue weighted by atomic mass is 10.2. The lowest BCUT2D eigenvalue weighted by Crippen LogP contribution is -2.38. The van der Waals surface area contributed by atoms with Crippen molar-refractivity contribution < 1.29 is 8.42 Å². The second kappa shape index (κ2) is 5.79. The molecule has 1 aliphatic carbocycles. The molecule has 0 saturated heterocycles. The molecule has 0 aromatic heterocycles. The van der Waals surface area contributed by atoms with Crippen LogP contribution in [0, 0.1) is 5.92 Å². The van der Waals surface area contributed by atoms with Crippen LogP contribution in [0.1, 0.15) is 32.3 Å². The summed E-state index contributed by atoms with van der Waals surface area (Å²) in [6, 6.07) is 6.42. The first-order chi connectivity index (χ1) is 9.32. The highest BCUT2D eigenvalue weighted by Crippen LogP contribution is 2.32. The fraction of sp³-hybridized carbons (Fsp3) is 0.500. The maximum absolute atomic E-state index is 12.7. The molecular weight excluding hydrogens is 292 g/mol. The van der Waals surface area contributed by atoms with Gasteiger partial charge >= 0.3 is 0 Å². The summed E-state index contributed by atoms with van der Waals surface area (Å²) in [7, 11) is -3.45. The fourth-order valence-electron chi connectivity index (χ4n) is 2.07. The average molecular weight is 312 g/mol. The van der Waals surface area contributed by atoms with E-state index in [1.165, 1.54) is 0 Å². The number of rotatable bonds is 6. The Morgan fingerprint density at radius 2 is 1.90 bits per heavy atom. The largest absolute Gasteiger partial charge is 0.389 e. The van der Waals surface area contributed by atoms with Gasteiger partial charge in [0.2, 0.25) is 10.0 Å². The minimum atomic E-state index is -3.45. The summed E-state index contributed by atoms with van der Waals surface area (Å²) in [6.45, 7) is 4.42. The second-order valence-electron chi connectivity index (χ2n) is 5.50. The standard InChI is InChI=1S/C14H20N2O2S2/c1-10(2)16(9-11-3-4-11)20(17,18)13-7-5-12(6-8-13)14(15)19/h5-8,10-11H,3-4,9H2,1-2H3,(H2,15,19). The van der Waals surface area contributed by atoms with Gasteiger partial charge in [-0.05, 0) is 44.7 Å². The van der Waals surface area contributed by atoms with Gasteiger partial charge in [-0.3, -0.25) is 0 Å². The first-order valence-corrected chi connectivity index (χ1v) is 8.59. The number of sulfonamides is 1. The first kappa shape index (κ1) is 15.4. The van der Waals surface area contributed by atoms with Crippen molar-refractivity contribution in [1.29, 1.82) is 0 Å². The van der Waals surface area contributed by atoms with Crippen molar-refractivity contribution in [1.82, 2.24) is 4.31 Å². The molecule has 0 amide bonds. The van der Waals surface area contributed by atoms with E-state index in [4.69, 9.17) is 18.0 Å². The summed E-state index contributed by atoms with van der Waals surface area (Å²) in [5, 5.41) is 0. The Bertz CT molecular complexity index is 590. The number of thiocarbonyl (C=S) groups is 1. The molecule has 20 heavy (non-hydrogen) atoms. The van der Waals surface area contributed by atoms with E-state index >= 15 is 0 Å². The van der Waals surface area contributed by atoms with Gasteiger partial charge in [0.1, 0.15) is 4.99 Å². The number of hydrogen-bond donors (Lipinski definition) is 1. The Balaban J connectivity index is 2.28. The van der Waals surface area contributed by atoms with Crippen molar-refractivity contribution in [3.05, 3.63) is 29.8 Å². The minimum Gasteiger partial charge on any atom is -0.389 e. The van der Waals surface area contributed by atoms with E-state index in [0.29, 0.717) is 22.9 Å². The Morgan fingerprint density at radius 3 is 2.30 bits per heavy atom. The summed E-state index contributed by atoms with van der Waals surface area (Å²) in [5.41, 5.74) is 6.20. The summed E-state index contributed by atoms with van der Waals surface area (Å²) in [4.78, 5) is 0.569. The summed E-state index contributed by atoms with van der Waals surface area (Å²) in [5.74, 6) is 0.517. The Morgan fingerprint density at radius 1 is 1.35 bits per heavy atom. The van der Waals surface area contributed by atoms with Gasteiger partial charge in [-0.15, -0.1) is 0 Å². The maximum atomic E-state index is 12.7. The molecule has 1 saturated carbocycles. The normalized spacial score (nSPS) is 15.8. The van der Waals surface area contributed by atoms with Crippen LogP contribution in [0.5, 0.6) is 0 Å². The molecule has 0 radical (unpaired) electrons. The molecule has 2 rings (SSSR count). The van der Waals surface area contributed by atoms with Gasteiger partial charge in [-0.2, -0.15) is 4.31 Å². The van der Waals surface area contributed by atoms with Gasteiger partial charge in [0.25, 0.3) is 0 Å².